The van der Waals surface area contributed by atoms with E-state index in [9.17, 15) is 4.79 Å². The Hall–Kier alpha value is -2.21. The van der Waals surface area contributed by atoms with Gasteiger partial charge in [-0.15, -0.1) is 10.2 Å². The topological polar surface area (TPSA) is 79.8 Å². The third-order valence-electron chi connectivity index (χ3n) is 2.70. The van der Waals surface area contributed by atoms with Gasteiger partial charge >= 0.3 is 0 Å². The standard InChI is InChI=1S/C13H14ClN5O/c1-7-4-5-8(2)16-12(7)17-9-6-10(14)18-19-11(9)13(20)15-3/h4-6H,1-3H3,(H,15,20)(H,16,17,18). The fourth-order valence-corrected chi connectivity index (χ4v) is 1.78. The maximum atomic E-state index is 11.8. The van der Waals surface area contributed by atoms with Crippen molar-refractivity contribution in [2.75, 3.05) is 12.4 Å². The second-order valence-electron chi connectivity index (χ2n) is 4.25. The van der Waals surface area contributed by atoms with Crippen LogP contribution < -0.4 is 10.6 Å². The molecule has 0 atom stereocenters. The predicted octanol–water partition coefficient (Wildman–Crippen LogP) is 2.25. The number of amides is 1. The fourth-order valence-electron chi connectivity index (χ4n) is 1.63. The Bertz CT molecular complexity index is 659. The van der Waals surface area contributed by atoms with Crippen molar-refractivity contribution in [1.82, 2.24) is 20.5 Å². The van der Waals surface area contributed by atoms with Crippen molar-refractivity contribution in [3.8, 4) is 0 Å². The molecule has 0 saturated carbocycles. The lowest BCUT2D eigenvalue weighted by atomic mass is 10.2. The summed E-state index contributed by atoms with van der Waals surface area (Å²) in [5, 5.41) is 13.3. The number of aromatic nitrogens is 3. The van der Waals surface area contributed by atoms with E-state index in [1.54, 1.807) is 6.07 Å². The summed E-state index contributed by atoms with van der Waals surface area (Å²) in [7, 11) is 1.53. The van der Waals surface area contributed by atoms with Crippen molar-refractivity contribution in [3.63, 3.8) is 0 Å². The summed E-state index contributed by atoms with van der Waals surface area (Å²) in [4.78, 5) is 16.2. The maximum Gasteiger partial charge on any atom is 0.273 e. The van der Waals surface area contributed by atoms with Gasteiger partial charge in [0, 0.05) is 18.8 Å². The van der Waals surface area contributed by atoms with E-state index < -0.39 is 0 Å². The summed E-state index contributed by atoms with van der Waals surface area (Å²) in [6.45, 7) is 3.81. The maximum absolute atomic E-state index is 11.8. The molecule has 0 bridgehead atoms. The molecular weight excluding hydrogens is 278 g/mol. The van der Waals surface area contributed by atoms with Crippen LogP contribution in [0.2, 0.25) is 5.15 Å². The van der Waals surface area contributed by atoms with Crippen molar-refractivity contribution in [3.05, 3.63) is 40.3 Å². The minimum Gasteiger partial charge on any atom is -0.354 e. The normalized spacial score (nSPS) is 10.2. The van der Waals surface area contributed by atoms with E-state index >= 15 is 0 Å². The molecule has 7 heteroatoms. The van der Waals surface area contributed by atoms with E-state index in [-0.39, 0.29) is 16.8 Å². The zero-order chi connectivity index (χ0) is 14.7. The minimum absolute atomic E-state index is 0.166. The molecule has 2 heterocycles. The van der Waals surface area contributed by atoms with E-state index in [1.807, 2.05) is 26.0 Å². The number of nitrogens with zero attached hydrogens (tertiary/aromatic N) is 3. The molecule has 2 aromatic rings. The highest BCUT2D eigenvalue weighted by atomic mass is 35.5. The highest BCUT2D eigenvalue weighted by Crippen LogP contribution is 2.22. The Labute approximate surface area is 121 Å². The molecule has 2 aromatic heterocycles. The first-order valence-corrected chi connectivity index (χ1v) is 6.35. The number of halogens is 1. The van der Waals surface area contributed by atoms with E-state index in [0.29, 0.717) is 11.5 Å². The van der Waals surface area contributed by atoms with Crippen molar-refractivity contribution in [2.24, 2.45) is 0 Å². The number of pyridine rings is 1. The smallest absolute Gasteiger partial charge is 0.273 e. The lowest BCUT2D eigenvalue weighted by Crippen LogP contribution is -2.21. The third kappa shape index (κ3) is 3.03. The molecule has 1 amide bonds. The first-order valence-electron chi connectivity index (χ1n) is 5.98. The van der Waals surface area contributed by atoms with Crippen LogP contribution in [0.4, 0.5) is 11.5 Å². The molecule has 0 fully saturated rings. The van der Waals surface area contributed by atoms with Crippen LogP contribution >= 0.6 is 11.6 Å². The van der Waals surface area contributed by atoms with Crippen LogP contribution in [-0.4, -0.2) is 28.1 Å². The monoisotopic (exact) mass is 291 g/mol. The lowest BCUT2D eigenvalue weighted by molar-refractivity contribution is 0.0958. The van der Waals surface area contributed by atoms with Crippen LogP contribution in [0, 0.1) is 13.8 Å². The molecule has 0 unspecified atom stereocenters. The van der Waals surface area contributed by atoms with Gasteiger partial charge in [-0.1, -0.05) is 17.7 Å². The number of nitrogens with one attached hydrogen (secondary N) is 2. The van der Waals surface area contributed by atoms with Gasteiger partial charge in [-0.3, -0.25) is 4.79 Å². The quantitative estimate of drug-likeness (QED) is 0.906. The molecule has 0 aromatic carbocycles. The lowest BCUT2D eigenvalue weighted by Gasteiger charge is -2.12. The summed E-state index contributed by atoms with van der Waals surface area (Å²) < 4.78 is 0. The Balaban J connectivity index is 2.44. The van der Waals surface area contributed by atoms with Gasteiger partial charge in [-0.05, 0) is 25.5 Å². The van der Waals surface area contributed by atoms with Gasteiger partial charge in [0.05, 0.1) is 5.69 Å². The molecule has 0 spiro atoms. The highest BCUT2D eigenvalue weighted by molar-refractivity contribution is 6.29. The van der Waals surface area contributed by atoms with Gasteiger partial charge < -0.3 is 10.6 Å². The van der Waals surface area contributed by atoms with Crippen LogP contribution in [0.5, 0.6) is 0 Å². The molecule has 0 aliphatic heterocycles. The van der Waals surface area contributed by atoms with Crippen LogP contribution in [-0.2, 0) is 0 Å². The second-order valence-corrected chi connectivity index (χ2v) is 4.64. The third-order valence-corrected chi connectivity index (χ3v) is 2.88. The largest absolute Gasteiger partial charge is 0.354 e. The van der Waals surface area contributed by atoms with Gasteiger partial charge in [-0.25, -0.2) is 4.98 Å². The molecule has 20 heavy (non-hydrogen) atoms. The molecule has 0 radical (unpaired) electrons. The molecule has 2 rings (SSSR count). The van der Waals surface area contributed by atoms with Crippen LogP contribution in [0.25, 0.3) is 0 Å². The minimum atomic E-state index is -0.345. The van der Waals surface area contributed by atoms with E-state index in [0.717, 1.165) is 11.3 Å². The Morgan fingerprint density at radius 3 is 2.70 bits per heavy atom. The van der Waals surface area contributed by atoms with E-state index in [1.165, 1.54) is 7.05 Å². The number of carbonyl (C=O) groups excluding carboxylic acids is 1. The summed E-state index contributed by atoms with van der Waals surface area (Å²) >= 11 is 5.84. The van der Waals surface area contributed by atoms with Gasteiger partial charge in [-0.2, -0.15) is 0 Å². The SMILES string of the molecule is CNC(=O)c1nnc(Cl)cc1Nc1nc(C)ccc1C. The Kier molecular flexibility index (Phi) is 4.14. The molecule has 0 aliphatic carbocycles. The average molecular weight is 292 g/mol. The first kappa shape index (κ1) is 14.2. The number of carbonyl (C=O) groups is 1. The number of rotatable bonds is 3. The summed E-state index contributed by atoms with van der Waals surface area (Å²) in [6.07, 6.45) is 0. The molecule has 104 valence electrons. The van der Waals surface area contributed by atoms with Crippen LogP contribution in [0.15, 0.2) is 18.2 Å². The van der Waals surface area contributed by atoms with Crippen molar-refractivity contribution < 1.29 is 4.79 Å². The van der Waals surface area contributed by atoms with Crippen molar-refractivity contribution in [2.45, 2.75) is 13.8 Å². The molecular formula is C13H14ClN5O. The molecule has 2 N–H and O–H groups in total. The first-order chi connectivity index (χ1) is 9.51. The van der Waals surface area contributed by atoms with Gasteiger partial charge in [0.1, 0.15) is 5.82 Å². The Morgan fingerprint density at radius 2 is 2.00 bits per heavy atom. The Morgan fingerprint density at radius 1 is 1.25 bits per heavy atom. The summed E-state index contributed by atoms with van der Waals surface area (Å²) in [5.41, 5.74) is 2.45. The second kappa shape index (κ2) is 5.83. The molecule has 0 saturated heterocycles. The van der Waals surface area contributed by atoms with Crippen molar-refractivity contribution >= 4 is 29.0 Å². The van der Waals surface area contributed by atoms with Crippen molar-refractivity contribution in [1.29, 1.82) is 0 Å². The van der Waals surface area contributed by atoms with Gasteiger partial charge in [0.2, 0.25) is 0 Å². The number of aryl methyl sites for hydroxylation is 2. The zero-order valence-electron chi connectivity index (χ0n) is 11.4. The number of hydrogen-bond donors (Lipinski definition) is 2. The predicted molar refractivity (Wildman–Crippen MR) is 77.4 cm³/mol. The van der Waals surface area contributed by atoms with Crippen LogP contribution in [0.3, 0.4) is 0 Å². The number of anilines is 2. The highest BCUT2D eigenvalue weighted by Gasteiger charge is 2.15. The van der Waals surface area contributed by atoms with Crippen LogP contribution in [0.1, 0.15) is 21.7 Å². The molecule has 6 nitrogen and oxygen atoms in total. The van der Waals surface area contributed by atoms with Gasteiger partial charge in [0.15, 0.2) is 10.8 Å². The summed E-state index contributed by atoms with van der Waals surface area (Å²) in [6, 6.07) is 5.40. The zero-order valence-corrected chi connectivity index (χ0v) is 12.1. The average Bonchev–Trinajstić information content (AvgIpc) is 2.42. The molecule has 0 aliphatic rings. The number of hydrogen-bond acceptors (Lipinski definition) is 5. The summed E-state index contributed by atoms with van der Waals surface area (Å²) in [5.74, 6) is 0.307. The van der Waals surface area contributed by atoms with E-state index in [4.69, 9.17) is 11.6 Å². The van der Waals surface area contributed by atoms with E-state index in [2.05, 4.69) is 25.8 Å². The van der Waals surface area contributed by atoms with Gasteiger partial charge in [0.25, 0.3) is 5.91 Å². The fraction of sp³-hybridized carbons (Fsp3) is 0.231.